The molecule has 2 saturated heterocycles. The maximum Gasteiger partial charge on any atom is 0.227 e. The van der Waals surface area contributed by atoms with E-state index in [2.05, 4.69) is 38.9 Å². The van der Waals surface area contributed by atoms with Gasteiger partial charge >= 0.3 is 0 Å². The van der Waals surface area contributed by atoms with Crippen molar-refractivity contribution in [2.45, 2.75) is 52.2 Å². The minimum absolute atomic E-state index is 0.0738. The van der Waals surface area contributed by atoms with Crippen molar-refractivity contribution in [2.75, 3.05) is 43.5 Å². The van der Waals surface area contributed by atoms with Gasteiger partial charge in [-0.25, -0.2) is 27.5 Å². The molecule has 0 aliphatic carbocycles. The van der Waals surface area contributed by atoms with Crippen molar-refractivity contribution in [3.05, 3.63) is 65.5 Å². The topological polar surface area (TPSA) is 62.8 Å². The highest BCUT2D eigenvalue weighted by atomic mass is 19.2. The molecule has 0 saturated carbocycles. The molecule has 3 aromatic rings. The van der Waals surface area contributed by atoms with Crippen molar-refractivity contribution in [1.29, 1.82) is 0 Å². The third kappa shape index (κ3) is 6.34. The van der Waals surface area contributed by atoms with Gasteiger partial charge in [-0.2, -0.15) is 0 Å². The second-order valence-electron chi connectivity index (χ2n) is 11.1. The second kappa shape index (κ2) is 12.1. The van der Waals surface area contributed by atoms with Gasteiger partial charge in [0.05, 0.1) is 30.8 Å². The van der Waals surface area contributed by atoms with Crippen molar-refractivity contribution in [1.82, 2.24) is 14.9 Å². The summed E-state index contributed by atoms with van der Waals surface area (Å²) in [6.07, 6.45) is 7.47. The van der Waals surface area contributed by atoms with Crippen molar-refractivity contribution in [3.8, 4) is 11.5 Å². The van der Waals surface area contributed by atoms with Crippen LogP contribution in [0.5, 0.6) is 11.5 Å². The lowest BCUT2D eigenvalue weighted by molar-refractivity contribution is 0.0631. The van der Waals surface area contributed by atoms with E-state index in [-0.39, 0.29) is 17.8 Å². The van der Waals surface area contributed by atoms with Crippen molar-refractivity contribution in [2.24, 2.45) is 5.41 Å². The van der Waals surface area contributed by atoms with E-state index >= 15 is 0 Å². The largest absolute Gasteiger partial charge is 0.495 e. The molecule has 1 spiro atoms. The normalized spacial score (nSPS) is 17.2. The number of rotatable bonds is 8. The van der Waals surface area contributed by atoms with Gasteiger partial charge in [-0.15, -0.1) is 0 Å². The fourth-order valence-corrected chi connectivity index (χ4v) is 5.74. The van der Waals surface area contributed by atoms with Crippen LogP contribution in [-0.2, 0) is 6.61 Å². The number of methoxy groups -OCH3 is 1. The van der Waals surface area contributed by atoms with Crippen LogP contribution in [0.1, 0.15) is 45.1 Å². The molecule has 1 aromatic heterocycles. The minimum Gasteiger partial charge on any atom is -0.495 e. The standard InChI is InChI=1S/C30H35F4N5O2/c1-19(2)38-10-6-30(7-11-38)8-12-39(13-9-30)25-5-4-20(14-26(25)40-3)37-29-35-16-21(17-36-29)41-18-22-27(33)23(31)15-24(32)28(22)34/h4-5,14-17,19H,6-13,18H2,1-3H3,(H,35,36,37). The Hall–Kier alpha value is -3.60. The number of nitrogens with one attached hydrogen (secondary N) is 1. The van der Waals surface area contributed by atoms with Crippen molar-refractivity contribution >= 4 is 17.3 Å². The van der Waals surface area contributed by atoms with Gasteiger partial charge in [0, 0.05) is 37.0 Å². The Bertz CT molecular complexity index is 1330. The zero-order valence-electron chi connectivity index (χ0n) is 23.5. The molecule has 0 bridgehead atoms. The molecule has 7 nitrogen and oxygen atoms in total. The predicted octanol–water partition coefficient (Wildman–Crippen LogP) is 6.46. The summed E-state index contributed by atoms with van der Waals surface area (Å²) in [6, 6.07) is 6.61. The Morgan fingerprint density at radius 3 is 2.10 bits per heavy atom. The Balaban J connectivity index is 1.18. The number of anilines is 3. The van der Waals surface area contributed by atoms with Gasteiger partial charge in [0.15, 0.2) is 29.0 Å². The summed E-state index contributed by atoms with van der Waals surface area (Å²) in [5.41, 5.74) is 1.36. The zero-order valence-corrected chi connectivity index (χ0v) is 23.5. The third-order valence-corrected chi connectivity index (χ3v) is 8.40. The van der Waals surface area contributed by atoms with Crippen LogP contribution in [0, 0.1) is 28.7 Å². The van der Waals surface area contributed by atoms with Crippen LogP contribution in [0.3, 0.4) is 0 Å². The van der Waals surface area contributed by atoms with Crippen LogP contribution in [0.25, 0.3) is 0 Å². The van der Waals surface area contributed by atoms with Crippen molar-refractivity contribution < 1.29 is 27.0 Å². The van der Waals surface area contributed by atoms with E-state index in [4.69, 9.17) is 9.47 Å². The van der Waals surface area contributed by atoms with E-state index in [1.165, 1.54) is 51.2 Å². The average molecular weight is 574 g/mol. The molecule has 2 aliphatic rings. The summed E-state index contributed by atoms with van der Waals surface area (Å²) in [5, 5.41) is 3.10. The van der Waals surface area contributed by atoms with Gasteiger partial charge in [-0.1, -0.05) is 0 Å². The smallest absolute Gasteiger partial charge is 0.227 e. The molecule has 3 heterocycles. The number of hydrogen-bond acceptors (Lipinski definition) is 7. The fourth-order valence-electron chi connectivity index (χ4n) is 5.74. The quantitative estimate of drug-likeness (QED) is 0.245. The first-order valence-electron chi connectivity index (χ1n) is 13.9. The summed E-state index contributed by atoms with van der Waals surface area (Å²) in [5.74, 6) is -4.92. The molecular weight excluding hydrogens is 538 g/mol. The molecule has 41 heavy (non-hydrogen) atoms. The number of piperidine rings is 2. The van der Waals surface area contributed by atoms with Crippen LogP contribution in [0.2, 0.25) is 0 Å². The van der Waals surface area contributed by atoms with Gasteiger partial charge < -0.3 is 24.6 Å². The SMILES string of the molecule is COc1cc(Nc2ncc(OCc3c(F)c(F)cc(F)c3F)cn2)ccc1N1CCC2(CC1)CCN(C(C)C)CC2. The minimum atomic E-state index is -1.50. The van der Waals surface area contributed by atoms with E-state index in [1.807, 2.05) is 18.2 Å². The maximum atomic E-state index is 13.9. The predicted molar refractivity (Wildman–Crippen MR) is 149 cm³/mol. The van der Waals surface area contributed by atoms with Gasteiger partial charge in [0.1, 0.15) is 12.4 Å². The number of nitrogens with zero attached hydrogens (tertiary/aromatic N) is 4. The molecular formula is C30H35F4N5O2. The summed E-state index contributed by atoms with van der Waals surface area (Å²) in [7, 11) is 1.65. The number of ether oxygens (including phenoxy) is 2. The van der Waals surface area contributed by atoms with E-state index in [1.54, 1.807) is 7.11 Å². The highest BCUT2D eigenvalue weighted by molar-refractivity contribution is 5.67. The first-order valence-corrected chi connectivity index (χ1v) is 13.9. The van der Waals surface area contributed by atoms with Crippen LogP contribution in [0.4, 0.5) is 34.9 Å². The Morgan fingerprint density at radius 2 is 1.51 bits per heavy atom. The Labute approximate surface area is 237 Å². The summed E-state index contributed by atoms with van der Waals surface area (Å²) in [6.45, 7) is 8.16. The summed E-state index contributed by atoms with van der Waals surface area (Å²) >= 11 is 0. The molecule has 0 atom stereocenters. The van der Waals surface area contributed by atoms with Gasteiger partial charge in [0.25, 0.3) is 0 Å². The van der Waals surface area contributed by atoms with Gasteiger partial charge in [-0.05, 0) is 70.2 Å². The number of benzene rings is 2. The summed E-state index contributed by atoms with van der Waals surface area (Å²) < 4.78 is 65.5. The van der Waals surface area contributed by atoms with E-state index in [0.717, 1.165) is 24.5 Å². The third-order valence-electron chi connectivity index (χ3n) is 8.40. The van der Waals surface area contributed by atoms with Gasteiger partial charge in [-0.3, -0.25) is 0 Å². The average Bonchev–Trinajstić information content (AvgIpc) is 2.98. The fraction of sp³-hybridized carbons (Fsp3) is 0.467. The number of aromatic nitrogens is 2. The van der Waals surface area contributed by atoms with E-state index < -0.39 is 35.4 Å². The monoisotopic (exact) mass is 573 g/mol. The van der Waals surface area contributed by atoms with E-state index in [9.17, 15) is 17.6 Å². The highest BCUT2D eigenvalue weighted by Gasteiger charge is 2.38. The molecule has 0 unspecified atom stereocenters. The van der Waals surface area contributed by atoms with Crippen LogP contribution in [0.15, 0.2) is 36.7 Å². The number of likely N-dealkylation sites (tertiary alicyclic amines) is 1. The molecule has 220 valence electrons. The van der Waals surface area contributed by atoms with Crippen LogP contribution in [-0.4, -0.2) is 54.2 Å². The lowest BCUT2D eigenvalue weighted by atomic mass is 9.71. The zero-order chi connectivity index (χ0) is 29.1. The maximum absolute atomic E-state index is 13.9. The molecule has 2 fully saturated rings. The highest BCUT2D eigenvalue weighted by Crippen LogP contribution is 2.44. The second-order valence-corrected chi connectivity index (χ2v) is 11.1. The molecule has 2 aromatic carbocycles. The number of halogens is 4. The van der Waals surface area contributed by atoms with E-state index in [0.29, 0.717) is 17.1 Å². The molecule has 1 N–H and O–H groups in total. The van der Waals surface area contributed by atoms with Crippen molar-refractivity contribution in [3.63, 3.8) is 0 Å². The lowest BCUT2D eigenvalue weighted by Crippen LogP contribution is -2.48. The summed E-state index contributed by atoms with van der Waals surface area (Å²) in [4.78, 5) is 13.3. The van der Waals surface area contributed by atoms with Gasteiger partial charge in [0.2, 0.25) is 5.95 Å². The van der Waals surface area contributed by atoms with Crippen LogP contribution < -0.4 is 19.7 Å². The van der Waals surface area contributed by atoms with Crippen LogP contribution >= 0.6 is 0 Å². The molecule has 5 rings (SSSR count). The number of hydrogen-bond donors (Lipinski definition) is 1. The molecule has 0 radical (unpaired) electrons. The first-order chi connectivity index (χ1) is 19.7. The molecule has 11 heteroatoms. The molecule has 2 aliphatic heterocycles. The Morgan fingerprint density at radius 1 is 0.902 bits per heavy atom. The molecule has 0 amide bonds. The lowest BCUT2D eigenvalue weighted by Gasteiger charge is -2.48. The Kier molecular flexibility index (Phi) is 8.53. The first kappa shape index (κ1) is 28.9.